The maximum Gasteiger partial charge on any atom is 0.254 e. The van der Waals surface area contributed by atoms with Gasteiger partial charge in [0.25, 0.3) is 5.91 Å². The summed E-state index contributed by atoms with van der Waals surface area (Å²) in [5.41, 5.74) is 5.33. The molecular weight excluding hydrogens is 332 g/mol. The minimum atomic E-state index is 0.0654. The molecule has 1 saturated heterocycles. The molecule has 3 nitrogen and oxygen atoms in total. The number of carbonyl (C=O) groups excluding carboxylic acids is 1. The van der Waals surface area contributed by atoms with Crippen LogP contribution >= 0.6 is 0 Å². The largest absolute Gasteiger partial charge is 0.330 e. The Morgan fingerprint density at radius 2 is 1.78 bits per heavy atom. The fourth-order valence-corrected chi connectivity index (χ4v) is 3.76. The standard InChI is InChI=1S/C24H24N2O/c1-18-12-14-19(15-13-18)17-21-9-5-10-22(25-21)23-11-6-16-26(23)24(27)20-7-3-2-4-8-20/h2-5,7-10,12-15,23H,6,11,16-17H2,1H3/t23-/m0/s1. The molecule has 0 spiro atoms. The molecule has 1 aliphatic rings. The topological polar surface area (TPSA) is 33.2 Å². The van der Waals surface area contributed by atoms with Gasteiger partial charge >= 0.3 is 0 Å². The molecule has 0 N–H and O–H groups in total. The number of amides is 1. The SMILES string of the molecule is Cc1ccc(Cc2cccc([C@@H]3CCCN3C(=O)c3ccccc3)n2)cc1. The minimum absolute atomic E-state index is 0.0654. The monoisotopic (exact) mass is 356 g/mol. The van der Waals surface area contributed by atoms with E-state index < -0.39 is 0 Å². The smallest absolute Gasteiger partial charge is 0.254 e. The molecule has 0 aliphatic carbocycles. The van der Waals surface area contributed by atoms with Crippen LogP contribution in [0, 0.1) is 6.92 Å². The van der Waals surface area contributed by atoms with Gasteiger partial charge in [-0.2, -0.15) is 0 Å². The van der Waals surface area contributed by atoms with Gasteiger partial charge in [-0.05, 0) is 49.6 Å². The van der Waals surface area contributed by atoms with Crippen molar-refractivity contribution in [2.75, 3.05) is 6.54 Å². The van der Waals surface area contributed by atoms with Crippen molar-refractivity contribution in [3.8, 4) is 0 Å². The Kier molecular flexibility index (Phi) is 5.01. The first-order valence-corrected chi connectivity index (χ1v) is 9.58. The van der Waals surface area contributed by atoms with E-state index in [9.17, 15) is 4.79 Å². The van der Waals surface area contributed by atoms with Gasteiger partial charge in [-0.15, -0.1) is 0 Å². The zero-order valence-electron chi connectivity index (χ0n) is 15.6. The van der Waals surface area contributed by atoms with Crippen molar-refractivity contribution < 1.29 is 4.79 Å². The summed E-state index contributed by atoms with van der Waals surface area (Å²) in [6, 6.07) is 24.4. The predicted octanol–water partition coefficient (Wildman–Crippen LogP) is 4.96. The van der Waals surface area contributed by atoms with Crippen molar-refractivity contribution in [3.63, 3.8) is 0 Å². The number of hydrogen-bond acceptors (Lipinski definition) is 2. The molecule has 1 amide bonds. The van der Waals surface area contributed by atoms with Crippen LogP contribution in [0.5, 0.6) is 0 Å². The van der Waals surface area contributed by atoms with E-state index in [0.717, 1.165) is 42.8 Å². The summed E-state index contributed by atoms with van der Waals surface area (Å²) in [5.74, 6) is 0.101. The van der Waals surface area contributed by atoms with E-state index in [-0.39, 0.29) is 11.9 Å². The van der Waals surface area contributed by atoms with E-state index in [1.165, 1.54) is 11.1 Å². The fraction of sp³-hybridized carbons (Fsp3) is 0.250. The first-order chi connectivity index (χ1) is 13.2. The molecule has 2 heterocycles. The maximum atomic E-state index is 12.9. The fourth-order valence-electron chi connectivity index (χ4n) is 3.76. The van der Waals surface area contributed by atoms with Crippen molar-refractivity contribution in [2.24, 2.45) is 0 Å². The zero-order chi connectivity index (χ0) is 18.6. The normalized spacial score (nSPS) is 16.5. The Balaban J connectivity index is 1.55. The first kappa shape index (κ1) is 17.5. The van der Waals surface area contributed by atoms with Crippen LogP contribution in [0.2, 0.25) is 0 Å². The summed E-state index contributed by atoms with van der Waals surface area (Å²) < 4.78 is 0. The van der Waals surface area contributed by atoms with Crippen LogP contribution in [0.4, 0.5) is 0 Å². The minimum Gasteiger partial charge on any atom is -0.330 e. The van der Waals surface area contributed by atoms with Crippen LogP contribution in [-0.4, -0.2) is 22.3 Å². The molecule has 1 aliphatic heterocycles. The highest BCUT2D eigenvalue weighted by Gasteiger charge is 2.31. The highest BCUT2D eigenvalue weighted by molar-refractivity contribution is 5.94. The van der Waals surface area contributed by atoms with E-state index in [1.54, 1.807) is 0 Å². The van der Waals surface area contributed by atoms with Crippen molar-refractivity contribution >= 4 is 5.91 Å². The summed E-state index contributed by atoms with van der Waals surface area (Å²) in [7, 11) is 0. The summed E-state index contributed by atoms with van der Waals surface area (Å²) in [6.45, 7) is 2.89. The lowest BCUT2D eigenvalue weighted by atomic mass is 10.1. The third kappa shape index (κ3) is 3.92. The third-order valence-electron chi connectivity index (χ3n) is 5.21. The molecule has 2 aromatic carbocycles. The summed E-state index contributed by atoms with van der Waals surface area (Å²) in [6.07, 6.45) is 2.81. The lowest BCUT2D eigenvalue weighted by molar-refractivity contribution is 0.0733. The average Bonchev–Trinajstić information content (AvgIpc) is 3.20. The first-order valence-electron chi connectivity index (χ1n) is 9.58. The quantitative estimate of drug-likeness (QED) is 0.662. The maximum absolute atomic E-state index is 12.9. The number of likely N-dealkylation sites (tertiary alicyclic amines) is 1. The Morgan fingerprint density at radius 1 is 1.00 bits per heavy atom. The number of aromatic nitrogens is 1. The van der Waals surface area contributed by atoms with Gasteiger partial charge in [0.2, 0.25) is 0 Å². The summed E-state index contributed by atoms with van der Waals surface area (Å²) >= 11 is 0. The molecule has 4 rings (SSSR count). The van der Waals surface area contributed by atoms with Crippen LogP contribution in [0.15, 0.2) is 72.8 Å². The lowest BCUT2D eigenvalue weighted by Gasteiger charge is -2.25. The van der Waals surface area contributed by atoms with Crippen LogP contribution < -0.4 is 0 Å². The van der Waals surface area contributed by atoms with Crippen molar-refractivity contribution in [3.05, 3.63) is 101 Å². The van der Waals surface area contributed by atoms with Crippen molar-refractivity contribution in [1.82, 2.24) is 9.88 Å². The highest BCUT2D eigenvalue weighted by Crippen LogP contribution is 2.32. The molecule has 1 fully saturated rings. The second kappa shape index (κ2) is 7.75. The highest BCUT2D eigenvalue weighted by atomic mass is 16.2. The lowest BCUT2D eigenvalue weighted by Crippen LogP contribution is -2.31. The van der Waals surface area contributed by atoms with E-state index in [0.29, 0.717) is 0 Å². The Labute approximate surface area is 160 Å². The number of carbonyl (C=O) groups is 1. The van der Waals surface area contributed by atoms with Crippen molar-refractivity contribution in [1.29, 1.82) is 0 Å². The Hall–Kier alpha value is -2.94. The molecular formula is C24H24N2O. The zero-order valence-corrected chi connectivity index (χ0v) is 15.6. The molecule has 0 unspecified atom stereocenters. The van der Waals surface area contributed by atoms with Gasteiger partial charge < -0.3 is 4.90 Å². The number of rotatable bonds is 4. The van der Waals surface area contributed by atoms with Crippen LogP contribution in [0.1, 0.15) is 51.8 Å². The molecule has 3 heteroatoms. The van der Waals surface area contributed by atoms with Gasteiger partial charge in [0, 0.05) is 24.2 Å². The van der Waals surface area contributed by atoms with Gasteiger partial charge in [-0.25, -0.2) is 0 Å². The molecule has 1 atom stereocenters. The number of nitrogens with zero attached hydrogens (tertiary/aromatic N) is 2. The van der Waals surface area contributed by atoms with E-state index in [4.69, 9.17) is 4.98 Å². The second-order valence-corrected chi connectivity index (χ2v) is 7.24. The molecule has 0 bridgehead atoms. The molecule has 136 valence electrons. The molecule has 3 aromatic rings. The average molecular weight is 356 g/mol. The van der Waals surface area contributed by atoms with Crippen molar-refractivity contribution in [2.45, 2.75) is 32.2 Å². The Bertz CT molecular complexity index is 919. The molecule has 1 aromatic heterocycles. The van der Waals surface area contributed by atoms with Crippen LogP contribution in [0.25, 0.3) is 0 Å². The van der Waals surface area contributed by atoms with Gasteiger partial charge in [0.15, 0.2) is 0 Å². The molecule has 0 radical (unpaired) electrons. The number of hydrogen-bond donors (Lipinski definition) is 0. The van der Waals surface area contributed by atoms with Crippen LogP contribution in [0.3, 0.4) is 0 Å². The Morgan fingerprint density at radius 3 is 2.56 bits per heavy atom. The molecule has 0 saturated carbocycles. The number of benzene rings is 2. The third-order valence-corrected chi connectivity index (χ3v) is 5.21. The second-order valence-electron chi connectivity index (χ2n) is 7.24. The summed E-state index contributed by atoms with van der Waals surface area (Å²) in [4.78, 5) is 19.8. The predicted molar refractivity (Wildman–Crippen MR) is 108 cm³/mol. The van der Waals surface area contributed by atoms with E-state index in [1.807, 2.05) is 35.2 Å². The number of aryl methyl sites for hydroxylation is 1. The van der Waals surface area contributed by atoms with Crippen LogP contribution in [-0.2, 0) is 6.42 Å². The van der Waals surface area contributed by atoms with Gasteiger partial charge in [-0.3, -0.25) is 9.78 Å². The van der Waals surface area contributed by atoms with Gasteiger partial charge in [0.05, 0.1) is 11.7 Å². The number of pyridine rings is 1. The van der Waals surface area contributed by atoms with Gasteiger partial charge in [-0.1, -0.05) is 54.1 Å². The van der Waals surface area contributed by atoms with E-state index >= 15 is 0 Å². The van der Waals surface area contributed by atoms with Gasteiger partial charge in [0.1, 0.15) is 0 Å². The van der Waals surface area contributed by atoms with E-state index in [2.05, 4.69) is 49.4 Å². The summed E-state index contributed by atoms with van der Waals surface area (Å²) in [5, 5.41) is 0. The molecule has 27 heavy (non-hydrogen) atoms.